The fourth-order valence-electron chi connectivity index (χ4n) is 2.00. The Labute approximate surface area is 191 Å². The highest BCUT2D eigenvalue weighted by molar-refractivity contribution is 6.29. The van der Waals surface area contributed by atoms with Gasteiger partial charge in [-0.15, -0.1) is 0 Å². The molecule has 2 amide bonds. The number of nitrogens with two attached hydrogens (primary N) is 2. The van der Waals surface area contributed by atoms with Crippen LogP contribution in [0, 0.1) is 21.7 Å². The summed E-state index contributed by atoms with van der Waals surface area (Å²) in [5.41, 5.74) is 8.64. The van der Waals surface area contributed by atoms with Crippen molar-refractivity contribution in [3.63, 3.8) is 0 Å². The van der Waals surface area contributed by atoms with Crippen LogP contribution in [0.4, 0.5) is 0 Å². The number of nitrogens with one attached hydrogen (secondary N) is 2. The Hall–Kier alpha value is -2.20. The Morgan fingerprint density at radius 3 is 1.16 bits per heavy atom. The first-order valence-corrected chi connectivity index (χ1v) is 10.7. The third-order valence-electron chi connectivity index (χ3n) is 5.08. The summed E-state index contributed by atoms with van der Waals surface area (Å²) in [7, 11) is 0. The molecule has 0 spiro atoms. The molecule has 0 aromatic heterocycles. The van der Waals surface area contributed by atoms with Crippen LogP contribution in [0.5, 0.6) is 0 Å². The van der Waals surface area contributed by atoms with E-state index in [-0.39, 0.29) is 35.9 Å². The van der Waals surface area contributed by atoms with Crippen LogP contribution in [0.15, 0.2) is 0 Å². The molecule has 0 aliphatic carbocycles. The SMILES string of the molecule is CC(C)(CN)CNC(=O)C(C)(C)COC(=O)C(=O)OCC(C)(C)C(=O)NCC(C)(C)CN. The van der Waals surface area contributed by atoms with Crippen LogP contribution in [0.2, 0.25) is 0 Å². The Balaban J connectivity index is 4.63. The lowest BCUT2D eigenvalue weighted by Gasteiger charge is -2.28. The van der Waals surface area contributed by atoms with E-state index in [1.165, 1.54) is 0 Å². The highest BCUT2D eigenvalue weighted by Gasteiger charge is 2.34. The maximum absolute atomic E-state index is 12.4. The number of amides is 2. The predicted octanol–water partition coefficient (Wildman–Crippen LogP) is 0.327. The predicted molar refractivity (Wildman–Crippen MR) is 121 cm³/mol. The zero-order chi connectivity index (χ0) is 25.4. The topological polar surface area (TPSA) is 163 Å². The molecule has 0 fully saturated rings. The number of carbonyl (C=O) groups is 4. The van der Waals surface area contributed by atoms with E-state index in [0.29, 0.717) is 26.2 Å². The van der Waals surface area contributed by atoms with E-state index in [1.54, 1.807) is 27.7 Å². The van der Waals surface area contributed by atoms with Gasteiger partial charge >= 0.3 is 11.9 Å². The van der Waals surface area contributed by atoms with E-state index in [1.807, 2.05) is 27.7 Å². The molecule has 0 aromatic carbocycles. The van der Waals surface area contributed by atoms with Gasteiger partial charge in [-0.3, -0.25) is 9.59 Å². The lowest BCUT2D eigenvalue weighted by atomic mass is 9.90. The average Bonchev–Trinajstić information content (AvgIpc) is 2.72. The van der Waals surface area contributed by atoms with Crippen molar-refractivity contribution in [3.05, 3.63) is 0 Å². The average molecular weight is 459 g/mol. The van der Waals surface area contributed by atoms with E-state index in [9.17, 15) is 19.2 Å². The molecule has 186 valence electrons. The molecule has 0 aliphatic heterocycles. The molecule has 0 saturated heterocycles. The normalized spacial score (nSPS) is 12.7. The maximum Gasteiger partial charge on any atom is 0.417 e. The molecule has 32 heavy (non-hydrogen) atoms. The molecule has 10 nitrogen and oxygen atoms in total. The maximum atomic E-state index is 12.4. The number of rotatable bonds is 12. The molecule has 0 aromatic rings. The van der Waals surface area contributed by atoms with Crippen LogP contribution >= 0.6 is 0 Å². The van der Waals surface area contributed by atoms with Gasteiger partial charge in [0.25, 0.3) is 0 Å². The van der Waals surface area contributed by atoms with Gasteiger partial charge in [0.15, 0.2) is 0 Å². The zero-order valence-electron chi connectivity index (χ0n) is 20.8. The Morgan fingerprint density at radius 1 is 0.625 bits per heavy atom. The molecule has 0 bridgehead atoms. The van der Waals surface area contributed by atoms with Crippen molar-refractivity contribution in [2.75, 3.05) is 39.4 Å². The highest BCUT2D eigenvalue weighted by Crippen LogP contribution is 2.19. The summed E-state index contributed by atoms with van der Waals surface area (Å²) < 4.78 is 9.93. The van der Waals surface area contributed by atoms with Crippen LogP contribution in [-0.2, 0) is 28.7 Å². The van der Waals surface area contributed by atoms with E-state index in [2.05, 4.69) is 10.6 Å². The van der Waals surface area contributed by atoms with Gasteiger partial charge < -0.3 is 31.6 Å². The summed E-state index contributed by atoms with van der Waals surface area (Å²) in [6, 6.07) is 0. The quantitative estimate of drug-likeness (QED) is 0.240. The zero-order valence-corrected chi connectivity index (χ0v) is 20.8. The van der Waals surface area contributed by atoms with Gasteiger partial charge in [0.1, 0.15) is 13.2 Å². The van der Waals surface area contributed by atoms with E-state index in [0.717, 1.165) is 0 Å². The molecule has 0 unspecified atom stereocenters. The second-order valence-corrected chi connectivity index (χ2v) is 11.0. The number of esters is 2. The molecule has 6 N–H and O–H groups in total. The third kappa shape index (κ3) is 10.4. The highest BCUT2D eigenvalue weighted by atomic mass is 16.6. The molecular formula is C22H42N4O6. The standard InChI is InChI=1S/C22H42N4O6/c1-19(2,9-23)11-25-17(29)21(5,6)13-31-15(27)16(28)32-14-22(7,8)18(30)26-12-20(3,4)10-24/h9-14,23-24H2,1-8H3,(H,25,29)(H,26,30). The van der Waals surface area contributed by atoms with Gasteiger partial charge in [0.2, 0.25) is 11.8 Å². The van der Waals surface area contributed by atoms with Crippen LogP contribution in [0.1, 0.15) is 55.4 Å². The molecule has 0 heterocycles. The smallest absolute Gasteiger partial charge is 0.417 e. The summed E-state index contributed by atoms with van der Waals surface area (Å²) in [4.78, 5) is 48.8. The van der Waals surface area contributed by atoms with Crippen molar-refractivity contribution in [2.24, 2.45) is 33.1 Å². The Kier molecular flexibility index (Phi) is 10.8. The van der Waals surface area contributed by atoms with Gasteiger partial charge in [-0.2, -0.15) is 0 Å². The number of hydrogen-bond acceptors (Lipinski definition) is 8. The fraction of sp³-hybridized carbons (Fsp3) is 0.818. The summed E-state index contributed by atoms with van der Waals surface area (Å²) in [6.07, 6.45) is 0. The van der Waals surface area contributed by atoms with Gasteiger partial charge in [0.05, 0.1) is 10.8 Å². The van der Waals surface area contributed by atoms with Gasteiger partial charge in [-0.05, 0) is 51.6 Å². The van der Waals surface area contributed by atoms with Crippen molar-refractivity contribution in [1.82, 2.24) is 10.6 Å². The molecular weight excluding hydrogens is 416 g/mol. The fourth-order valence-corrected chi connectivity index (χ4v) is 2.00. The van der Waals surface area contributed by atoms with Crippen LogP contribution in [0.3, 0.4) is 0 Å². The second-order valence-electron chi connectivity index (χ2n) is 11.0. The number of carbonyl (C=O) groups excluding carboxylic acids is 4. The largest absolute Gasteiger partial charge is 0.456 e. The Bertz CT molecular complexity index is 628. The molecule has 0 atom stereocenters. The van der Waals surface area contributed by atoms with Gasteiger partial charge in [-0.25, -0.2) is 9.59 Å². The van der Waals surface area contributed by atoms with Crippen molar-refractivity contribution >= 4 is 23.8 Å². The summed E-state index contributed by atoms with van der Waals surface area (Å²) in [5.74, 6) is -3.13. The minimum absolute atomic E-state index is 0.272. The Morgan fingerprint density at radius 2 is 0.906 bits per heavy atom. The molecule has 0 aliphatic rings. The van der Waals surface area contributed by atoms with Crippen LogP contribution in [-0.4, -0.2) is 63.1 Å². The van der Waals surface area contributed by atoms with Crippen molar-refractivity contribution < 1.29 is 28.7 Å². The van der Waals surface area contributed by atoms with Crippen LogP contribution < -0.4 is 22.1 Å². The first kappa shape index (κ1) is 29.8. The monoisotopic (exact) mass is 458 g/mol. The summed E-state index contributed by atoms with van der Waals surface area (Å²) in [5, 5.41) is 5.55. The lowest BCUT2D eigenvalue weighted by Crippen LogP contribution is -2.46. The molecule has 0 rings (SSSR count). The number of hydrogen-bond donors (Lipinski definition) is 4. The summed E-state index contributed by atoms with van der Waals surface area (Å²) in [6.45, 7) is 14.9. The van der Waals surface area contributed by atoms with Crippen LogP contribution in [0.25, 0.3) is 0 Å². The van der Waals surface area contributed by atoms with Gasteiger partial charge in [-0.1, -0.05) is 27.7 Å². The third-order valence-corrected chi connectivity index (χ3v) is 5.08. The minimum atomic E-state index is -1.23. The molecule has 10 heteroatoms. The number of ether oxygens (including phenoxy) is 2. The molecule has 0 radical (unpaired) electrons. The first-order valence-electron chi connectivity index (χ1n) is 10.7. The van der Waals surface area contributed by atoms with E-state index >= 15 is 0 Å². The van der Waals surface area contributed by atoms with Crippen molar-refractivity contribution in [2.45, 2.75) is 55.4 Å². The first-order chi connectivity index (χ1) is 14.4. The van der Waals surface area contributed by atoms with E-state index < -0.39 is 22.8 Å². The second kappa shape index (κ2) is 11.6. The minimum Gasteiger partial charge on any atom is -0.456 e. The van der Waals surface area contributed by atoms with Crippen molar-refractivity contribution in [1.29, 1.82) is 0 Å². The molecule has 0 saturated carbocycles. The summed E-state index contributed by atoms with van der Waals surface area (Å²) >= 11 is 0. The lowest BCUT2D eigenvalue weighted by molar-refractivity contribution is -0.172. The van der Waals surface area contributed by atoms with Gasteiger partial charge in [0, 0.05) is 13.1 Å². The van der Waals surface area contributed by atoms with E-state index in [4.69, 9.17) is 20.9 Å². The van der Waals surface area contributed by atoms with Crippen molar-refractivity contribution in [3.8, 4) is 0 Å².